The molecule has 0 radical (unpaired) electrons. The van der Waals surface area contributed by atoms with Gasteiger partial charge < -0.3 is 10.4 Å². The average Bonchev–Trinajstić information content (AvgIpc) is 2.77. The van der Waals surface area contributed by atoms with Crippen molar-refractivity contribution in [3.8, 4) is 0 Å². The average molecular weight is 434 g/mol. The van der Waals surface area contributed by atoms with Crippen molar-refractivity contribution in [3.05, 3.63) is 108 Å². The lowest BCUT2D eigenvalue weighted by Gasteiger charge is -2.14. The smallest absolute Gasteiger partial charge is 0.244 e. The summed E-state index contributed by atoms with van der Waals surface area (Å²) in [6, 6.07) is 0.0316. The number of aliphatic hydroxyl groups excluding tert-OH is 1. The second-order valence-corrected chi connectivity index (χ2v) is 7.87. The number of hydrogen-bond acceptors (Lipinski definition) is 2. The first kappa shape index (κ1) is 27.1. The second kappa shape index (κ2) is 17.7. The number of hydrogen-bond donors (Lipinski definition) is 2. The molecule has 172 valence electrons. The van der Waals surface area contributed by atoms with E-state index in [9.17, 15) is 9.90 Å². The van der Waals surface area contributed by atoms with Crippen LogP contribution < -0.4 is 5.32 Å². The molecule has 3 heteroatoms. The Morgan fingerprint density at radius 2 is 1.69 bits per heavy atom. The summed E-state index contributed by atoms with van der Waals surface area (Å²) in [4.78, 5) is 12.4. The van der Waals surface area contributed by atoms with Gasteiger partial charge in [-0.25, -0.2) is 0 Å². The molecular weight excluding hydrogens is 394 g/mol. The summed E-state index contributed by atoms with van der Waals surface area (Å²) >= 11 is 0. The number of aliphatic hydroxyl groups is 1. The number of amides is 1. The third-order valence-corrected chi connectivity index (χ3v) is 4.72. The maximum Gasteiger partial charge on any atom is 0.244 e. The van der Waals surface area contributed by atoms with Gasteiger partial charge >= 0.3 is 0 Å². The number of nitrogens with one attached hydrogen (secondary N) is 1. The SMILES string of the molecule is CCC/C=C/C=C/C[C@@H]1C/C=C/C=C(C)/C=C/C=C/[C@@H](O)C\C=C(C)/C=C/C=C/C(=O)N1. The first-order valence-corrected chi connectivity index (χ1v) is 11.5. The molecule has 1 aliphatic heterocycles. The number of carbonyl (C=O) groups excluding carboxylic acids is 1. The molecule has 0 fully saturated rings. The summed E-state index contributed by atoms with van der Waals surface area (Å²) in [6.45, 7) is 6.17. The zero-order valence-corrected chi connectivity index (χ0v) is 19.8. The fourth-order valence-corrected chi connectivity index (χ4v) is 2.85. The van der Waals surface area contributed by atoms with E-state index in [1.807, 2.05) is 62.5 Å². The molecule has 1 heterocycles. The van der Waals surface area contributed by atoms with E-state index in [0.29, 0.717) is 6.42 Å². The molecule has 0 bridgehead atoms. The van der Waals surface area contributed by atoms with Gasteiger partial charge in [0, 0.05) is 12.1 Å². The van der Waals surface area contributed by atoms with Crippen LogP contribution in [0.4, 0.5) is 0 Å². The minimum absolute atomic E-state index is 0.0316. The van der Waals surface area contributed by atoms with Crippen LogP contribution in [0.2, 0.25) is 0 Å². The normalized spacial score (nSPS) is 29.9. The zero-order chi connectivity index (χ0) is 23.4. The van der Waals surface area contributed by atoms with Crippen molar-refractivity contribution < 1.29 is 9.90 Å². The van der Waals surface area contributed by atoms with Gasteiger partial charge in [-0.05, 0) is 39.5 Å². The highest BCUT2D eigenvalue weighted by atomic mass is 16.3. The van der Waals surface area contributed by atoms with E-state index in [0.717, 1.165) is 36.8 Å². The zero-order valence-electron chi connectivity index (χ0n) is 19.8. The largest absolute Gasteiger partial charge is 0.389 e. The number of rotatable bonds is 5. The summed E-state index contributed by atoms with van der Waals surface area (Å²) in [5.74, 6) is -0.103. The molecule has 2 N–H and O–H groups in total. The Bertz CT molecular complexity index is 816. The van der Waals surface area contributed by atoms with Crippen LogP contribution in [-0.2, 0) is 4.79 Å². The van der Waals surface area contributed by atoms with Gasteiger partial charge in [-0.1, -0.05) is 116 Å². The van der Waals surface area contributed by atoms with Crippen LogP contribution in [0.3, 0.4) is 0 Å². The van der Waals surface area contributed by atoms with Crippen LogP contribution in [0, 0.1) is 0 Å². The Morgan fingerprint density at radius 3 is 2.50 bits per heavy atom. The van der Waals surface area contributed by atoms with Gasteiger partial charge in [0.1, 0.15) is 0 Å². The van der Waals surface area contributed by atoms with Crippen molar-refractivity contribution in [2.45, 2.75) is 65.0 Å². The highest BCUT2D eigenvalue weighted by Crippen LogP contribution is 2.06. The first-order valence-electron chi connectivity index (χ1n) is 11.5. The Balaban J connectivity index is 2.93. The van der Waals surface area contributed by atoms with Crippen molar-refractivity contribution in [1.29, 1.82) is 0 Å². The molecule has 0 saturated carbocycles. The highest BCUT2D eigenvalue weighted by Gasteiger charge is 2.07. The fourth-order valence-electron chi connectivity index (χ4n) is 2.85. The van der Waals surface area contributed by atoms with Crippen LogP contribution in [0.25, 0.3) is 0 Å². The molecule has 0 saturated heterocycles. The number of unbranched alkanes of at least 4 members (excludes halogenated alkanes) is 1. The molecule has 0 unspecified atom stereocenters. The van der Waals surface area contributed by atoms with Gasteiger partial charge in [-0.15, -0.1) is 0 Å². The molecule has 0 aliphatic carbocycles. The van der Waals surface area contributed by atoms with Crippen LogP contribution in [0.1, 0.15) is 52.9 Å². The Morgan fingerprint density at radius 1 is 0.969 bits per heavy atom. The van der Waals surface area contributed by atoms with Gasteiger partial charge in [0.25, 0.3) is 0 Å². The Labute approximate surface area is 194 Å². The fraction of sp³-hybridized carbons (Fsp3) is 0.345. The molecule has 0 spiro atoms. The lowest BCUT2D eigenvalue weighted by Crippen LogP contribution is -2.32. The lowest BCUT2D eigenvalue weighted by molar-refractivity contribution is -0.117. The maximum absolute atomic E-state index is 12.4. The number of allylic oxidation sites excluding steroid dienone is 13. The van der Waals surface area contributed by atoms with Crippen LogP contribution >= 0.6 is 0 Å². The van der Waals surface area contributed by atoms with Crippen LogP contribution in [0.5, 0.6) is 0 Å². The molecule has 32 heavy (non-hydrogen) atoms. The topological polar surface area (TPSA) is 49.3 Å². The second-order valence-electron chi connectivity index (χ2n) is 7.87. The molecule has 0 aromatic carbocycles. The minimum atomic E-state index is -0.521. The maximum atomic E-state index is 12.4. The summed E-state index contributed by atoms with van der Waals surface area (Å²) < 4.78 is 0. The summed E-state index contributed by atoms with van der Waals surface area (Å²) in [6.07, 6.45) is 34.9. The van der Waals surface area contributed by atoms with Gasteiger partial charge in [0.05, 0.1) is 6.10 Å². The van der Waals surface area contributed by atoms with E-state index >= 15 is 0 Å². The van der Waals surface area contributed by atoms with Crippen molar-refractivity contribution in [1.82, 2.24) is 5.32 Å². The molecule has 0 aromatic rings. The molecule has 2 atom stereocenters. The Kier molecular flexibility index (Phi) is 15.0. The molecule has 1 rings (SSSR count). The molecule has 1 amide bonds. The summed E-state index contributed by atoms with van der Waals surface area (Å²) in [5, 5.41) is 13.1. The monoisotopic (exact) mass is 433 g/mol. The Hall–Kier alpha value is -2.91. The molecule has 3 nitrogen and oxygen atoms in total. The van der Waals surface area contributed by atoms with Crippen molar-refractivity contribution in [3.63, 3.8) is 0 Å². The lowest BCUT2D eigenvalue weighted by atomic mass is 10.1. The highest BCUT2D eigenvalue weighted by molar-refractivity contribution is 5.88. The van der Waals surface area contributed by atoms with E-state index in [1.54, 1.807) is 18.2 Å². The van der Waals surface area contributed by atoms with Gasteiger partial charge in [-0.3, -0.25) is 4.79 Å². The third kappa shape index (κ3) is 15.0. The number of carbonyl (C=O) groups is 1. The van der Waals surface area contributed by atoms with Crippen molar-refractivity contribution in [2.75, 3.05) is 0 Å². The quantitative estimate of drug-likeness (QED) is 0.480. The van der Waals surface area contributed by atoms with Crippen molar-refractivity contribution >= 4 is 5.91 Å². The van der Waals surface area contributed by atoms with Crippen LogP contribution in [-0.4, -0.2) is 23.2 Å². The molecular formula is C29H39NO2. The van der Waals surface area contributed by atoms with E-state index in [-0.39, 0.29) is 11.9 Å². The van der Waals surface area contributed by atoms with E-state index < -0.39 is 6.10 Å². The van der Waals surface area contributed by atoms with E-state index in [1.165, 1.54) is 0 Å². The van der Waals surface area contributed by atoms with Crippen molar-refractivity contribution in [2.24, 2.45) is 0 Å². The summed E-state index contributed by atoms with van der Waals surface area (Å²) in [7, 11) is 0. The van der Waals surface area contributed by atoms with Gasteiger partial charge in [-0.2, -0.15) is 0 Å². The summed E-state index contributed by atoms with van der Waals surface area (Å²) in [5.41, 5.74) is 2.15. The predicted molar refractivity (Wildman–Crippen MR) is 138 cm³/mol. The van der Waals surface area contributed by atoms with E-state index in [2.05, 4.69) is 42.6 Å². The van der Waals surface area contributed by atoms with Gasteiger partial charge in [0.2, 0.25) is 5.91 Å². The van der Waals surface area contributed by atoms with Gasteiger partial charge in [0.15, 0.2) is 0 Å². The first-order chi connectivity index (χ1) is 15.5. The molecule has 1 aliphatic rings. The molecule has 0 aromatic heterocycles. The van der Waals surface area contributed by atoms with Crippen LogP contribution in [0.15, 0.2) is 108 Å². The predicted octanol–water partition coefficient (Wildman–Crippen LogP) is 6.60. The van der Waals surface area contributed by atoms with E-state index in [4.69, 9.17) is 0 Å². The standard InChI is InChI=1S/C29H39NO2/c1-4-5-6-7-8-9-19-27-20-13-10-16-25(2)17-11-14-21-28(31)24-23-26(3)18-12-15-22-29(32)30-27/h6-18,21-23,27-28,31H,4-5,19-20,24H2,1-3H3,(H,30,32)/b7-6+,9-8+,13-10+,17-11+,18-12+,21-14+,22-15+,25-16+,26-23-/t27-,28-/m1/s1. The minimum Gasteiger partial charge on any atom is -0.389 e. The third-order valence-electron chi connectivity index (χ3n) is 4.72.